The molecule has 1 aliphatic heterocycles. The lowest BCUT2D eigenvalue weighted by Gasteiger charge is -2.14. The third-order valence-electron chi connectivity index (χ3n) is 3.61. The molecule has 104 valence electrons. The van der Waals surface area contributed by atoms with Crippen molar-refractivity contribution in [1.29, 1.82) is 0 Å². The van der Waals surface area contributed by atoms with E-state index in [-0.39, 0.29) is 0 Å². The van der Waals surface area contributed by atoms with E-state index in [1.165, 1.54) is 13.0 Å². The normalized spacial score (nSPS) is 19.6. The number of halogens is 1. The molecule has 0 amide bonds. The molecule has 0 aliphatic carbocycles. The molecule has 0 saturated carbocycles. The van der Waals surface area contributed by atoms with Gasteiger partial charge in [0.25, 0.3) is 0 Å². The molecule has 0 radical (unpaired) electrons. The predicted molar refractivity (Wildman–Crippen MR) is 79.8 cm³/mol. The number of nitrogens with zero attached hydrogens (tertiary/aromatic N) is 1. The number of carboxylic acids is 1. The third kappa shape index (κ3) is 3.70. The predicted octanol–water partition coefficient (Wildman–Crippen LogP) is 2.90. The SMILES string of the molecule is CCN1CCC(CNc2ccc(C(=O)O)c(Br)c2)C1. The van der Waals surface area contributed by atoms with Crippen molar-refractivity contribution in [3.05, 3.63) is 28.2 Å². The van der Waals surface area contributed by atoms with Gasteiger partial charge in [0.2, 0.25) is 0 Å². The molecule has 2 N–H and O–H groups in total. The number of rotatable bonds is 5. The molecule has 1 atom stereocenters. The topological polar surface area (TPSA) is 52.6 Å². The van der Waals surface area contributed by atoms with Crippen LogP contribution < -0.4 is 5.32 Å². The fraction of sp³-hybridized carbons (Fsp3) is 0.500. The molecule has 1 saturated heterocycles. The van der Waals surface area contributed by atoms with Crippen LogP contribution in [0, 0.1) is 5.92 Å². The van der Waals surface area contributed by atoms with Gasteiger partial charge in [0.05, 0.1) is 5.56 Å². The third-order valence-corrected chi connectivity index (χ3v) is 4.27. The molecule has 1 aromatic carbocycles. The fourth-order valence-electron chi connectivity index (χ4n) is 2.43. The molecular weight excluding hydrogens is 308 g/mol. The van der Waals surface area contributed by atoms with Crippen LogP contribution in [-0.2, 0) is 0 Å². The van der Waals surface area contributed by atoms with E-state index >= 15 is 0 Å². The molecule has 19 heavy (non-hydrogen) atoms. The summed E-state index contributed by atoms with van der Waals surface area (Å²) >= 11 is 3.29. The number of nitrogens with one attached hydrogen (secondary N) is 1. The number of anilines is 1. The molecule has 2 rings (SSSR count). The molecule has 1 heterocycles. The van der Waals surface area contributed by atoms with Gasteiger partial charge in [0.1, 0.15) is 0 Å². The smallest absolute Gasteiger partial charge is 0.336 e. The Morgan fingerprint density at radius 2 is 2.37 bits per heavy atom. The number of hydrogen-bond donors (Lipinski definition) is 2. The van der Waals surface area contributed by atoms with Crippen molar-refractivity contribution in [2.24, 2.45) is 5.92 Å². The van der Waals surface area contributed by atoms with Gasteiger partial charge in [0, 0.05) is 23.2 Å². The average molecular weight is 327 g/mol. The molecular formula is C14H19BrN2O2. The summed E-state index contributed by atoms with van der Waals surface area (Å²) in [6, 6.07) is 5.28. The van der Waals surface area contributed by atoms with Gasteiger partial charge < -0.3 is 15.3 Å². The maximum atomic E-state index is 10.9. The van der Waals surface area contributed by atoms with Crippen molar-refractivity contribution in [3.63, 3.8) is 0 Å². The second kappa shape index (κ2) is 6.39. The Labute approximate surface area is 121 Å². The first-order valence-electron chi connectivity index (χ1n) is 6.59. The average Bonchev–Trinajstić information content (AvgIpc) is 2.84. The van der Waals surface area contributed by atoms with E-state index in [2.05, 4.69) is 33.1 Å². The number of benzene rings is 1. The van der Waals surface area contributed by atoms with E-state index in [4.69, 9.17) is 5.11 Å². The Morgan fingerprint density at radius 3 is 2.95 bits per heavy atom. The summed E-state index contributed by atoms with van der Waals surface area (Å²) in [7, 11) is 0. The van der Waals surface area contributed by atoms with Gasteiger partial charge in [-0.25, -0.2) is 4.79 Å². The van der Waals surface area contributed by atoms with Crippen LogP contribution >= 0.6 is 15.9 Å². The van der Waals surface area contributed by atoms with E-state index in [0.29, 0.717) is 16.0 Å². The lowest BCUT2D eigenvalue weighted by atomic mass is 10.1. The first kappa shape index (κ1) is 14.3. The number of aromatic carboxylic acids is 1. The Morgan fingerprint density at radius 1 is 1.58 bits per heavy atom. The van der Waals surface area contributed by atoms with Crippen LogP contribution in [0.5, 0.6) is 0 Å². The van der Waals surface area contributed by atoms with Crippen LogP contribution in [0.25, 0.3) is 0 Å². The molecule has 0 bridgehead atoms. The summed E-state index contributed by atoms with van der Waals surface area (Å²) in [5.41, 5.74) is 1.26. The molecule has 0 spiro atoms. The van der Waals surface area contributed by atoms with E-state index in [9.17, 15) is 4.79 Å². The van der Waals surface area contributed by atoms with Gasteiger partial charge in [-0.2, -0.15) is 0 Å². The highest BCUT2D eigenvalue weighted by Crippen LogP contribution is 2.23. The van der Waals surface area contributed by atoms with Crippen molar-refractivity contribution in [2.75, 3.05) is 31.5 Å². The Balaban J connectivity index is 1.90. The highest BCUT2D eigenvalue weighted by Gasteiger charge is 2.20. The zero-order valence-electron chi connectivity index (χ0n) is 11.0. The van der Waals surface area contributed by atoms with E-state index in [1.54, 1.807) is 6.07 Å². The van der Waals surface area contributed by atoms with Crippen molar-refractivity contribution in [2.45, 2.75) is 13.3 Å². The summed E-state index contributed by atoms with van der Waals surface area (Å²) in [4.78, 5) is 13.4. The standard InChI is InChI=1S/C14H19BrN2O2/c1-2-17-6-5-10(9-17)8-16-11-3-4-12(14(18)19)13(15)7-11/h3-4,7,10,16H,2,5-6,8-9H2,1H3,(H,18,19). The largest absolute Gasteiger partial charge is 0.478 e. The summed E-state index contributed by atoms with van der Waals surface area (Å²) in [6.07, 6.45) is 1.23. The molecule has 5 heteroatoms. The van der Waals surface area contributed by atoms with Gasteiger partial charge in [-0.3, -0.25) is 0 Å². The van der Waals surface area contributed by atoms with Gasteiger partial charge >= 0.3 is 5.97 Å². The Bertz CT molecular complexity index is 465. The zero-order valence-corrected chi connectivity index (χ0v) is 12.6. The van der Waals surface area contributed by atoms with Gasteiger partial charge in [-0.1, -0.05) is 6.92 Å². The van der Waals surface area contributed by atoms with Crippen LogP contribution in [0.3, 0.4) is 0 Å². The van der Waals surface area contributed by atoms with Crippen molar-refractivity contribution in [3.8, 4) is 0 Å². The summed E-state index contributed by atoms with van der Waals surface area (Å²) in [6.45, 7) is 6.59. The monoisotopic (exact) mass is 326 g/mol. The molecule has 1 fully saturated rings. The van der Waals surface area contributed by atoms with Crippen molar-refractivity contribution in [1.82, 2.24) is 4.90 Å². The number of hydrogen-bond acceptors (Lipinski definition) is 3. The van der Waals surface area contributed by atoms with Gasteiger partial charge in [0.15, 0.2) is 0 Å². The number of carbonyl (C=O) groups is 1. The van der Waals surface area contributed by atoms with E-state index in [0.717, 1.165) is 25.3 Å². The fourth-order valence-corrected chi connectivity index (χ4v) is 2.98. The first-order valence-corrected chi connectivity index (χ1v) is 7.38. The van der Waals surface area contributed by atoms with E-state index < -0.39 is 5.97 Å². The molecule has 1 aliphatic rings. The molecule has 4 nitrogen and oxygen atoms in total. The summed E-state index contributed by atoms with van der Waals surface area (Å²) in [5.74, 6) is -0.231. The maximum absolute atomic E-state index is 10.9. The lowest BCUT2D eigenvalue weighted by molar-refractivity contribution is 0.0696. The highest BCUT2D eigenvalue weighted by molar-refractivity contribution is 9.10. The molecule has 0 aromatic heterocycles. The maximum Gasteiger partial charge on any atom is 0.336 e. The highest BCUT2D eigenvalue weighted by atomic mass is 79.9. The van der Waals surface area contributed by atoms with Gasteiger partial charge in [-0.05, 0) is 59.6 Å². The van der Waals surface area contributed by atoms with E-state index in [1.807, 2.05) is 12.1 Å². The number of carboxylic acid groups (broad SMARTS) is 1. The summed E-state index contributed by atoms with van der Waals surface area (Å²) < 4.78 is 0.617. The minimum Gasteiger partial charge on any atom is -0.478 e. The van der Waals surface area contributed by atoms with Crippen LogP contribution in [0.4, 0.5) is 5.69 Å². The lowest BCUT2D eigenvalue weighted by Crippen LogP contribution is -2.22. The second-order valence-corrected chi connectivity index (χ2v) is 5.78. The Kier molecular flexibility index (Phi) is 4.82. The number of likely N-dealkylation sites (tertiary alicyclic amines) is 1. The molecule has 1 unspecified atom stereocenters. The quantitative estimate of drug-likeness (QED) is 0.873. The minimum atomic E-state index is -0.909. The van der Waals surface area contributed by atoms with Gasteiger partial charge in [-0.15, -0.1) is 0 Å². The van der Waals surface area contributed by atoms with Crippen LogP contribution in [0.1, 0.15) is 23.7 Å². The van der Waals surface area contributed by atoms with Crippen molar-refractivity contribution < 1.29 is 9.90 Å². The second-order valence-electron chi connectivity index (χ2n) is 4.93. The minimum absolute atomic E-state index is 0.295. The van der Waals surface area contributed by atoms with Crippen molar-refractivity contribution >= 4 is 27.6 Å². The Hall–Kier alpha value is -1.07. The first-order chi connectivity index (χ1) is 9.10. The summed E-state index contributed by atoms with van der Waals surface area (Å²) in [5, 5.41) is 12.3. The van der Waals surface area contributed by atoms with Crippen LogP contribution in [0.15, 0.2) is 22.7 Å². The zero-order chi connectivity index (χ0) is 13.8. The molecule has 1 aromatic rings. The van der Waals surface area contributed by atoms with Crippen LogP contribution in [-0.4, -0.2) is 42.2 Å². The van der Waals surface area contributed by atoms with Crippen LogP contribution in [0.2, 0.25) is 0 Å².